The van der Waals surface area contributed by atoms with Crippen molar-refractivity contribution in [3.63, 3.8) is 0 Å². The Hall–Kier alpha value is -7.30. The van der Waals surface area contributed by atoms with Crippen LogP contribution in [0, 0.1) is 50.4 Å². The lowest BCUT2D eigenvalue weighted by Gasteiger charge is -2.33. The van der Waals surface area contributed by atoms with E-state index in [1.807, 2.05) is 27.7 Å². The Kier molecular flexibility index (Phi) is 17.8. The average molecular weight is 1060 g/mol. The van der Waals surface area contributed by atoms with Crippen LogP contribution in [0.1, 0.15) is 162 Å². The van der Waals surface area contributed by atoms with Gasteiger partial charge in [-0.05, 0) is 168 Å². The van der Waals surface area contributed by atoms with E-state index >= 15 is 17.3 Å². The van der Waals surface area contributed by atoms with Gasteiger partial charge in [-0.3, -0.25) is 27.2 Å². The van der Waals surface area contributed by atoms with Crippen LogP contribution in [-0.4, -0.2) is 63.9 Å². The summed E-state index contributed by atoms with van der Waals surface area (Å²) in [5.74, 6) is -2.89. The molecule has 0 fully saturated rings. The molecular formula is C59H63B2F4N7O4S. The van der Waals surface area contributed by atoms with Crippen molar-refractivity contribution < 1.29 is 37.1 Å². The van der Waals surface area contributed by atoms with Crippen LogP contribution in [0.15, 0.2) is 89.9 Å². The molecule has 4 aromatic rings. The highest BCUT2D eigenvalue weighted by molar-refractivity contribution is 7.99. The van der Waals surface area contributed by atoms with Crippen LogP contribution in [0.4, 0.5) is 28.6 Å². The molecule has 11 nitrogen and oxygen atoms in total. The summed E-state index contributed by atoms with van der Waals surface area (Å²) < 4.78 is 62.8. The number of halogens is 4. The van der Waals surface area contributed by atoms with Crippen molar-refractivity contribution in [1.82, 2.24) is 8.96 Å². The quantitative estimate of drug-likeness (QED) is 0.0291. The summed E-state index contributed by atoms with van der Waals surface area (Å²) in [6.45, 7) is 21.2. The molecule has 2 N–H and O–H groups in total. The Morgan fingerprint density at radius 1 is 0.623 bits per heavy atom. The maximum absolute atomic E-state index is 15.2. The number of aliphatic carboxylic acids is 2. The van der Waals surface area contributed by atoms with Gasteiger partial charge >= 0.3 is 26.7 Å². The fourth-order valence-electron chi connectivity index (χ4n) is 11.3. The zero-order valence-electron chi connectivity index (χ0n) is 45.6. The Bertz CT molecular complexity index is 3240. The molecule has 398 valence electrons. The normalized spacial score (nSPS) is 15.8. The lowest BCUT2D eigenvalue weighted by Crippen LogP contribution is -2.21. The predicted octanol–water partition coefficient (Wildman–Crippen LogP) is 15.5. The third-order valence-corrected chi connectivity index (χ3v) is 16.0. The molecule has 0 atom stereocenters. The van der Waals surface area contributed by atoms with Crippen LogP contribution in [0.25, 0.3) is 34.4 Å². The summed E-state index contributed by atoms with van der Waals surface area (Å²) in [4.78, 5) is 38.4. The van der Waals surface area contributed by atoms with Crippen LogP contribution in [0.3, 0.4) is 0 Å². The summed E-state index contributed by atoms with van der Waals surface area (Å²) in [5, 5.41) is 38.6. The van der Waals surface area contributed by atoms with Gasteiger partial charge in [-0.15, -0.1) is 0 Å². The molecule has 2 aromatic carbocycles. The van der Waals surface area contributed by atoms with E-state index in [4.69, 9.17) is 9.98 Å². The van der Waals surface area contributed by atoms with Crippen LogP contribution in [-0.2, 0) is 9.59 Å². The first-order valence-corrected chi connectivity index (χ1v) is 26.9. The molecular weight excluding hydrogens is 1000 g/mol. The summed E-state index contributed by atoms with van der Waals surface area (Å²) in [5.41, 5.74) is 12.3. The number of aliphatic imine (C=N–C) groups is 2. The smallest absolute Gasteiger partial charge is 0.477 e. The van der Waals surface area contributed by atoms with Gasteiger partial charge in [0.25, 0.3) is 0 Å². The molecule has 7 rings (SSSR count). The van der Waals surface area contributed by atoms with Crippen molar-refractivity contribution in [3.8, 4) is 12.1 Å². The van der Waals surface area contributed by atoms with Gasteiger partial charge in [0.15, 0.2) is 0 Å². The molecule has 0 unspecified atom stereocenters. The van der Waals surface area contributed by atoms with Crippen LogP contribution in [0.5, 0.6) is 0 Å². The lowest BCUT2D eigenvalue weighted by atomic mass is 9.92. The number of hydrogen-bond donors (Lipinski definition) is 2. The maximum Gasteiger partial charge on any atom is 0.677 e. The molecule has 0 spiro atoms. The summed E-state index contributed by atoms with van der Waals surface area (Å²) in [7, 11) is -5.90. The molecule has 5 heterocycles. The summed E-state index contributed by atoms with van der Waals surface area (Å²) >= 11 is 1.63. The van der Waals surface area contributed by atoms with E-state index in [1.54, 1.807) is 37.7 Å². The fraction of sp³-hybridized carbons (Fsp3) is 0.356. The molecule has 0 aliphatic carbocycles. The van der Waals surface area contributed by atoms with Gasteiger partial charge in [0.1, 0.15) is 23.3 Å². The summed E-state index contributed by atoms with van der Waals surface area (Å²) in [6, 6.07) is 16.1. The van der Waals surface area contributed by atoms with Gasteiger partial charge in [-0.2, -0.15) is 10.5 Å². The van der Waals surface area contributed by atoms with Gasteiger partial charge in [-0.25, -0.2) is 9.59 Å². The van der Waals surface area contributed by atoms with Crippen LogP contribution < -0.4 is 4.90 Å². The number of hydrogen-bond acceptors (Lipinski definition) is 8. The number of rotatable bonds is 20. The summed E-state index contributed by atoms with van der Waals surface area (Å²) in [6.07, 6.45) is 9.00. The van der Waals surface area contributed by atoms with Gasteiger partial charge in [0, 0.05) is 72.8 Å². The van der Waals surface area contributed by atoms with E-state index in [0.29, 0.717) is 59.4 Å². The Morgan fingerprint density at radius 2 is 1.01 bits per heavy atom. The molecule has 0 saturated carbocycles. The number of allylic oxidation sites excluding steroid dienone is 6. The van der Waals surface area contributed by atoms with E-state index in [2.05, 4.69) is 62.1 Å². The second-order valence-electron chi connectivity index (χ2n) is 19.8. The number of nitriles is 2. The Labute approximate surface area is 453 Å². The number of nitrogens with zero attached hydrogens (tertiary/aromatic N) is 7. The molecule has 0 radical (unpaired) electrons. The predicted molar refractivity (Wildman–Crippen MR) is 305 cm³/mol. The second kappa shape index (κ2) is 23.9. The molecule has 3 aliphatic heterocycles. The van der Waals surface area contributed by atoms with E-state index in [0.717, 1.165) is 114 Å². The number of carbonyl (C=O) groups is 2. The first-order valence-electron chi connectivity index (χ1n) is 26.1. The topological polar surface area (TPSA) is 160 Å². The third kappa shape index (κ3) is 10.9. The lowest BCUT2D eigenvalue weighted by molar-refractivity contribution is -0.133. The zero-order valence-corrected chi connectivity index (χ0v) is 46.4. The Morgan fingerprint density at radius 3 is 1.34 bits per heavy atom. The largest absolute Gasteiger partial charge is 0.677 e. The first kappa shape index (κ1) is 57.4. The van der Waals surface area contributed by atoms with Gasteiger partial charge in [0.05, 0.1) is 22.8 Å². The highest BCUT2D eigenvalue weighted by atomic mass is 32.2. The second-order valence-corrected chi connectivity index (χ2v) is 20.9. The van der Waals surface area contributed by atoms with Gasteiger partial charge < -0.3 is 24.1 Å². The highest BCUT2D eigenvalue weighted by Crippen LogP contribution is 2.52. The fourth-order valence-corrected chi connectivity index (χ4v) is 12.5. The van der Waals surface area contributed by atoms with E-state index < -0.39 is 37.9 Å². The van der Waals surface area contributed by atoms with Crippen molar-refractivity contribution in [3.05, 3.63) is 126 Å². The molecule has 0 saturated heterocycles. The van der Waals surface area contributed by atoms with Crippen molar-refractivity contribution in [2.45, 2.75) is 144 Å². The SMILES string of the molecule is CCCCC/C(=C1/N=C(C)C(c2ccc3c(c2)Sc2cc(C4=C(C)/C(=C(\CCCCC)c5c(C)c(/C=C(\C#N)C(=O)O)c(C)n5B(F)F)N=C4C)ccc2N3CCC)=C1C)c1c(C)c(/C=C(\C#N)C(=O)O)c(C)n1B(F)F. The number of carboxylic acid groups (broad SMARTS) is 2. The number of unbranched alkanes of at least 4 members (excludes halogenated alkanes) is 4. The van der Waals surface area contributed by atoms with Crippen molar-refractivity contribution >= 4 is 95.7 Å². The average Bonchev–Trinajstić information content (AvgIpc) is 4.04. The van der Waals surface area contributed by atoms with E-state index in [1.165, 1.54) is 26.0 Å². The molecule has 18 heteroatoms. The minimum atomic E-state index is -2.95. The third-order valence-electron chi connectivity index (χ3n) is 14.9. The van der Waals surface area contributed by atoms with Crippen LogP contribution in [0.2, 0.25) is 0 Å². The van der Waals surface area contributed by atoms with Crippen molar-refractivity contribution in [2.24, 2.45) is 9.98 Å². The van der Waals surface area contributed by atoms with Gasteiger partial charge in [-0.1, -0.05) is 70.3 Å². The number of carboxylic acids is 2. The standard InChI is InChI=1S/C59H63B2F4N7O4S/c1-12-15-17-19-44(56-32(4)46(26-42(30-66)58(73)74)38(10)71(56)60(62)63)54-34(6)52(36(8)68-54)40-21-23-48-50(28-40)77-51-29-41(22-24-49(51)70(48)25-14-3)53-35(7)55(69-37(53)9)45(20-18-16-13-2)57-33(5)47(27-43(31-67)59(75)76)39(11)72(57)61(64)65/h21-24,26-29H,12-20,25H2,1-11H3,(H,73,74)(H,75,76)/b42-26+,43-27+,54-44-,55-45-. The minimum absolute atomic E-state index is 0.151. The molecule has 0 bridgehead atoms. The highest BCUT2D eigenvalue weighted by Gasteiger charge is 2.35. The first-order chi connectivity index (χ1) is 36.7. The van der Waals surface area contributed by atoms with Gasteiger partial charge in [0.2, 0.25) is 0 Å². The number of anilines is 2. The molecule has 0 amide bonds. The van der Waals surface area contributed by atoms with E-state index in [9.17, 15) is 30.3 Å². The minimum Gasteiger partial charge on any atom is -0.477 e. The zero-order chi connectivity index (χ0) is 56.3. The molecule has 3 aliphatic rings. The number of aromatic nitrogens is 2. The van der Waals surface area contributed by atoms with Crippen molar-refractivity contribution in [2.75, 3.05) is 11.4 Å². The maximum atomic E-state index is 15.2. The monoisotopic (exact) mass is 1060 g/mol. The molecule has 77 heavy (non-hydrogen) atoms. The number of benzene rings is 2. The Balaban J connectivity index is 1.36. The molecule has 2 aromatic heterocycles. The number of fused-ring (bicyclic) bond motifs is 2. The van der Waals surface area contributed by atoms with E-state index in [-0.39, 0.29) is 33.9 Å². The van der Waals surface area contributed by atoms with Crippen molar-refractivity contribution in [1.29, 1.82) is 10.5 Å². The van der Waals surface area contributed by atoms with Crippen LogP contribution >= 0.6 is 11.8 Å².